The Kier molecular flexibility index (Phi) is 4.45. The molecule has 0 bridgehead atoms. The highest BCUT2D eigenvalue weighted by atomic mass is 19.4. The fraction of sp³-hybridized carbons (Fsp3) is 0.0667. The van der Waals surface area contributed by atoms with Crippen LogP contribution < -0.4 is 5.43 Å². The van der Waals surface area contributed by atoms with E-state index in [4.69, 9.17) is 5.11 Å². The van der Waals surface area contributed by atoms with Gasteiger partial charge in [-0.2, -0.15) is 18.3 Å². The number of benzene rings is 2. The molecule has 0 aromatic heterocycles. The van der Waals surface area contributed by atoms with E-state index < -0.39 is 17.7 Å². The summed E-state index contributed by atoms with van der Waals surface area (Å²) >= 11 is 0. The molecule has 0 aliphatic rings. The zero-order valence-electron chi connectivity index (χ0n) is 11.1. The van der Waals surface area contributed by atoms with Gasteiger partial charge in [0, 0.05) is 5.56 Å². The fourth-order valence-corrected chi connectivity index (χ4v) is 1.75. The number of halogens is 3. The van der Waals surface area contributed by atoms with Crippen molar-refractivity contribution in [3.05, 3.63) is 65.2 Å². The van der Waals surface area contributed by atoms with Crippen molar-refractivity contribution in [3.63, 3.8) is 0 Å². The Morgan fingerprint density at radius 2 is 1.86 bits per heavy atom. The molecule has 0 fully saturated rings. The van der Waals surface area contributed by atoms with Gasteiger partial charge < -0.3 is 5.11 Å². The number of nitrogens with zero attached hydrogens (tertiary/aromatic N) is 1. The molecule has 0 spiro atoms. The average Bonchev–Trinajstić information content (AvgIpc) is 2.47. The van der Waals surface area contributed by atoms with Crippen LogP contribution >= 0.6 is 0 Å². The van der Waals surface area contributed by atoms with E-state index in [0.29, 0.717) is 5.56 Å². The third-order valence-corrected chi connectivity index (χ3v) is 2.78. The lowest BCUT2D eigenvalue weighted by atomic mass is 10.1. The van der Waals surface area contributed by atoms with Gasteiger partial charge >= 0.3 is 12.1 Å². The molecule has 114 valence electrons. The molecule has 4 nitrogen and oxygen atoms in total. The summed E-state index contributed by atoms with van der Waals surface area (Å²) in [5, 5.41) is 12.8. The first-order valence-corrected chi connectivity index (χ1v) is 6.16. The molecule has 2 aromatic rings. The van der Waals surface area contributed by atoms with E-state index in [1.165, 1.54) is 24.4 Å². The second-order valence-electron chi connectivity index (χ2n) is 4.34. The Balaban J connectivity index is 2.15. The average molecular weight is 308 g/mol. The second-order valence-corrected chi connectivity index (χ2v) is 4.34. The summed E-state index contributed by atoms with van der Waals surface area (Å²) in [6.45, 7) is 0. The van der Waals surface area contributed by atoms with Crippen LogP contribution in [0.3, 0.4) is 0 Å². The van der Waals surface area contributed by atoms with Gasteiger partial charge in [0.05, 0.1) is 23.0 Å². The number of nitrogens with one attached hydrogen (secondary N) is 1. The molecule has 2 aromatic carbocycles. The molecular formula is C15H11F3N2O2. The Morgan fingerprint density at radius 1 is 1.14 bits per heavy atom. The first kappa shape index (κ1) is 15.6. The molecule has 0 aliphatic carbocycles. The minimum absolute atomic E-state index is 0.0529. The molecular weight excluding hydrogens is 297 g/mol. The summed E-state index contributed by atoms with van der Waals surface area (Å²) in [5.41, 5.74) is 2.20. The van der Waals surface area contributed by atoms with Crippen molar-refractivity contribution >= 4 is 17.9 Å². The van der Waals surface area contributed by atoms with Crippen LogP contribution in [-0.4, -0.2) is 17.3 Å². The van der Waals surface area contributed by atoms with Crippen molar-refractivity contribution in [2.24, 2.45) is 5.10 Å². The molecule has 0 amide bonds. The fourth-order valence-electron chi connectivity index (χ4n) is 1.75. The van der Waals surface area contributed by atoms with Crippen LogP contribution in [-0.2, 0) is 6.18 Å². The third kappa shape index (κ3) is 3.85. The summed E-state index contributed by atoms with van der Waals surface area (Å²) in [7, 11) is 0. The normalized spacial score (nSPS) is 11.6. The largest absolute Gasteiger partial charge is 0.478 e. The molecule has 0 saturated carbocycles. The monoisotopic (exact) mass is 308 g/mol. The molecule has 22 heavy (non-hydrogen) atoms. The van der Waals surface area contributed by atoms with Gasteiger partial charge in [-0.05, 0) is 24.3 Å². The zero-order chi connectivity index (χ0) is 16.2. The van der Waals surface area contributed by atoms with Crippen molar-refractivity contribution in [3.8, 4) is 0 Å². The molecule has 7 heteroatoms. The van der Waals surface area contributed by atoms with Crippen LogP contribution in [0.1, 0.15) is 21.5 Å². The highest BCUT2D eigenvalue weighted by Crippen LogP contribution is 2.30. The number of aromatic carboxylic acids is 1. The van der Waals surface area contributed by atoms with Crippen LogP contribution in [0, 0.1) is 0 Å². The standard InChI is InChI=1S/C15H11F3N2O2/c16-15(17,18)11-5-3-6-12(8-11)20-19-9-10-4-1-2-7-13(10)14(21)22/h1-9,20H,(H,21,22). The summed E-state index contributed by atoms with van der Waals surface area (Å²) in [6.07, 6.45) is -3.19. The lowest BCUT2D eigenvalue weighted by molar-refractivity contribution is -0.137. The summed E-state index contributed by atoms with van der Waals surface area (Å²) < 4.78 is 37.7. The van der Waals surface area contributed by atoms with Crippen molar-refractivity contribution in [2.75, 3.05) is 5.43 Å². The second kappa shape index (κ2) is 6.30. The van der Waals surface area contributed by atoms with Crippen molar-refractivity contribution in [2.45, 2.75) is 6.18 Å². The van der Waals surface area contributed by atoms with Gasteiger partial charge in [0.15, 0.2) is 0 Å². The Bertz CT molecular complexity index is 712. The number of anilines is 1. The van der Waals surface area contributed by atoms with Crippen LogP contribution in [0.2, 0.25) is 0 Å². The quantitative estimate of drug-likeness (QED) is 0.666. The van der Waals surface area contributed by atoms with Gasteiger partial charge in [-0.15, -0.1) is 0 Å². The van der Waals surface area contributed by atoms with E-state index >= 15 is 0 Å². The van der Waals surface area contributed by atoms with Crippen LogP contribution in [0.4, 0.5) is 18.9 Å². The number of rotatable bonds is 4. The van der Waals surface area contributed by atoms with Crippen molar-refractivity contribution < 1.29 is 23.1 Å². The highest BCUT2D eigenvalue weighted by Gasteiger charge is 2.30. The predicted octanol–water partition coefficient (Wildman–Crippen LogP) is 3.85. The van der Waals surface area contributed by atoms with Crippen LogP contribution in [0.25, 0.3) is 0 Å². The van der Waals surface area contributed by atoms with Crippen molar-refractivity contribution in [1.82, 2.24) is 0 Å². The third-order valence-electron chi connectivity index (χ3n) is 2.78. The van der Waals surface area contributed by atoms with Gasteiger partial charge in [-0.1, -0.05) is 24.3 Å². The van der Waals surface area contributed by atoms with E-state index in [2.05, 4.69) is 10.5 Å². The minimum atomic E-state index is -4.43. The number of hydrogen-bond donors (Lipinski definition) is 2. The van der Waals surface area contributed by atoms with Gasteiger partial charge in [-0.25, -0.2) is 4.79 Å². The number of hydrogen-bond acceptors (Lipinski definition) is 3. The molecule has 0 aliphatic heterocycles. The molecule has 0 atom stereocenters. The minimum Gasteiger partial charge on any atom is -0.478 e. The number of carbonyl (C=O) groups is 1. The first-order chi connectivity index (χ1) is 10.4. The predicted molar refractivity (Wildman–Crippen MR) is 76.1 cm³/mol. The lowest BCUT2D eigenvalue weighted by Gasteiger charge is -2.08. The summed E-state index contributed by atoms with van der Waals surface area (Å²) in [4.78, 5) is 11.0. The van der Waals surface area contributed by atoms with E-state index in [1.54, 1.807) is 18.2 Å². The highest BCUT2D eigenvalue weighted by molar-refractivity contribution is 5.98. The van der Waals surface area contributed by atoms with Gasteiger partial charge in [0.1, 0.15) is 0 Å². The van der Waals surface area contributed by atoms with Crippen LogP contribution in [0.5, 0.6) is 0 Å². The zero-order valence-corrected chi connectivity index (χ0v) is 11.1. The van der Waals surface area contributed by atoms with E-state index in [0.717, 1.165) is 12.1 Å². The van der Waals surface area contributed by atoms with Gasteiger partial charge in [0.25, 0.3) is 0 Å². The molecule has 2 rings (SSSR count). The maximum Gasteiger partial charge on any atom is 0.416 e. The number of carboxylic acid groups (broad SMARTS) is 1. The number of carboxylic acids is 1. The van der Waals surface area contributed by atoms with Gasteiger partial charge in [0.2, 0.25) is 0 Å². The lowest BCUT2D eigenvalue weighted by Crippen LogP contribution is -2.05. The van der Waals surface area contributed by atoms with E-state index in [-0.39, 0.29) is 11.3 Å². The molecule has 0 saturated heterocycles. The topological polar surface area (TPSA) is 61.7 Å². The van der Waals surface area contributed by atoms with E-state index in [1.807, 2.05) is 0 Å². The Morgan fingerprint density at radius 3 is 2.55 bits per heavy atom. The number of alkyl halides is 3. The first-order valence-electron chi connectivity index (χ1n) is 6.16. The maximum atomic E-state index is 12.6. The Hall–Kier alpha value is -2.83. The molecule has 0 heterocycles. The Labute approximate surface area is 123 Å². The summed E-state index contributed by atoms with van der Waals surface area (Å²) in [5.74, 6) is -1.11. The van der Waals surface area contributed by atoms with E-state index in [9.17, 15) is 18.0 Å². The molecule has 2 N–H and O–H groups in total. The summed E-state index contributed by atoms with van der Waals surface area (Å²) in [6, 6.07) is 10.7. The molecule has 0 unspecified atom stereocenters. The smallest absolute Gasteiger partial charge is 0.416 e. The van der Waals surface area contributed by atoms with Crippen LogP contribution in [0.15, 0.2) is 53.6 Å². The molecule has 0 radical (unpaired) electrons. The van der Waals surface area contributed by atoms with Gasteiger partial charge in [-0.3, -0.25) is 5.43 Å². The maximum absolute atomic E-state index is 12.6. The number of hydrazone groups is 1. The SMILES string of the molecule is O=C(O)c1ccccc1C=NNc1cccc(C(F)(F)F)c1. The van der Waals surface area contributed by atoms with Crippen molar-refractivity contribution in [1.29, 1.82) is 0 Å².